The summed E-state index contributed by atoms with van der Waals surface area (Å²) in [6, 6.07) is 15.2. The minimum Gasteiger partial charge on any atom is -0.507 e. The number of carbonyl (C=O) groups is 3. The molecule has 33 heavy (non-hydrogen) atoms. The highest BCUT2D eigenvalue weighted by Gasteiger charge is 2.47. The molecule has 1 aliphatic heterocycles. The molecule has 0 radical (unpaired) electrons. The Morgan fingerprint density at radius 2 is 1.70 bits per heavy atom. The minimum absolute atomic E-state index is 0.0806. The lowest BCUT2D eigenvalue weighted by atomic mass is 9.95. The molecule has 2 heterocycles. The number of aliphatic hydroxyl groups excluding tert-OH is 1. The zero-order chi connectivity index (χ0) is 23.5. The Balaban J connectivity index is 1.95. The normalized spacial score (nSPS) is 17.2. The van der Waals surface area contributed by atoms with Gasteiger partial charge in [0.2, 0.25) is 0 Å². The van der Waals surface area contributed by atoms with Crippen molar-refractivity contribution in [1.29, 1.82) is 0 Å². The van der Waals surface area contributed by atoms with Crippen LogP contribution in [-0.4, -0.2) is 42.0 Å². The van der Waals surface area contributed by atoms with Gasteiger partial charge >= 0.3 is 5.97 Å². The molecule has 3 aromatic rings. The van der Waals surface area contributed by atoms with Crippen LogP contribution in [0.25, 0.3) is 5.76 Å². The fourth-order valence-electron chi connectivity index (χ4n) is 3.79. The molecule has 0 spiro atoms. The van der Waals surface area contributed by atoms with E-state index in [1.165, 1.54) is 37.6 Å². The van der Waals surface area contributed by atoms with Crippen molar-refractivity contribution in [3.63, 3.8) is 0 Å². The van der Waals surface area contributed by atoms with E-state index in [9.17, 15) is 19.5 Å². The predicted octanol–water partition coefficient (Wildman–Crippen LogP) is 3.50. The summed E-state index contributed by atoms with van der Waals surface area (Å²) >= 11 is 0. The Hall–Kier alpha value is -4.46. The number of rotatable bonds is 5. The lowest BCUT2D eigenvalue weighted by molar-refractivity contribution is -0.132. The van der Waals surface area contributed by atoms with Gasteiger partial charge < -0.3 is 14.6 Å². The largest absolute Gasteiger partial charge is 0.507 e. The maximum Gasteiger partial charge on any atom is 0.337 e. The number of ether oxygens (including phenoxy) is 2. The van der Waals surface area contributed by atoms with Crippen molar-refractivity contribution < 1.29 is 29.0 Å². The number of aromatic nitrogens is 1. The average molecular weight is 444 g/mol. The van der Waals surface area contributed by atoms with Gasteiger partial charge in [0.25, 0.3) is 11.7 Å². The first-order valence-corrected chi connectivity index (χ1v) is 10.00. The molecule has 1 atom stereocenters. The SMILES string of the molecule is COC(=O)c1cccc(N2C(=O)C(=O)/C(=C(/O)c3ccncc3)C2c2cccc(OC)c2)c1. The molecule has 0 aliphatic carbocycles. The molecule has 1 aromatic heterocycles. The van der Waals surface area contributed by atoms with Gasteiger partial charge in [-0.1, -0.05) is 18.2 Å². The van der Waals surface area contributed by atoms with Crippen molar-refractivity contribution in [3.05, 3.63) is 95.3 Å². The van der Waals surface area contributed by atoms with E-state index >= 15 is 0 Å². The predicted molar refractivity (Wildman–Crippen MR) is 120 cm³/mol. The Morgan fingerprint density at radius 3 is 2.39 bits per heavy atom. The third kappa shape index (κ3) is 3.94. The monoisotopic (exact) mass is 444 g/mol. The summed E-state index contributed by atoms with van der Waals surface area (Å²) < 4.78 is 10.1. The number of benzene rings is 2. The number of aliphatic hydroxyl groups is 1. The number of ketones is 1. The summed E-state index contributed by atoms with van der Waals surface area (Å²) in [6.45, 7) is 0. The summed E-state index contributed by atoms with van der Waals surface area (Å²) in [5.41, 5.74) is 1.34. The van der Waals surface area contributed by atoms with Crippen LogP contribution in [0, 0.1) is 0 Å². The molecule has 1 aliphatic rings. The van der Waals surface area contributed by atoms with Crippen molar-refractivity contribution in [2.24, 2.45) is 0 Å². The van der Waals surface area contributed by atoms with E-state index in [2.05, 4.69) is 4.98 Å². The molecule has 1 amide bonds. The molecule has 1 fully saturated rings. The fourth-order valence-corrected chi connectivity index (χ4v) is 3.79. The second-order valence-electron chi connectivity index (χ2n) is 7.22. The van der Waals surface area contributed by atoms with Crippen LogP contribution in [0.15, 0.2) is 78.6 Å². The zero-order valence-electron chi connectivity index (χ0n) is 17.9. The van der Waals surface area contributed by atoms with Gasteiger partial charge in [0.1, 0.15) is 11.5 Å². The molecule has 166 valence electrons. The summed E-state index contributed by atoms with van der Waals surface area (Å²) in [6.07, 6.45) is 2.96. The second kappa shape index (κ2) is 8.96. The number of amides is 1. The number of Topliss-reactive ketones (excluding diaryl/α,β-unsaturated/α-hetero) is 1. The van der Waals surface area contributed by atoms with Gasteiger partial charge in [-0.2, -0.15) is 0 Å². The Morgan fingerprint density at radius 1 is 0.970 bits per heavy atom. The molecule has 2 aromatic carbocycles. The number of esters is 1. The maximum absolute atomic E-state index is 13.2. The number of nitrogens with zero attached hydrogens (tertiary/aromatic N) is 2. The van der Waals surface area contributed by atoms with Crippen LogP contribution in [0.1, 0.15) is 27.5 Å². The van der Waals surface area contributed by atoms with Crippen molar-refractivity contribution >= 4 is 29.1 Å². The second-order valence-corrected chi connectivity index (χ2v) is 7.22. The van der Waals surface area contributed by atoms with Crippen LogP contribution in [0.5, 0.6) is 5.75 Å². The van der Waals surface area contributed by atoms with Gasteiger partial charge in [-0.3, -0.25) is 19.5 Å². The van der Waals surface area contributed by atoms with Crippen LogP contribution in [0.2, 0.25) is 0 Å². The molecule has 1 N–H and O–H groups in total. The first-order valence-electron chi connectivity index (χ1n) is 10.00. The third-order valence-corrected chi connectivity index (χ3v) is 5.35. The fraction of sp³-hybridized carbons (Fsp3) is 0.120. The molecular formula is C25H20N2O6. The zero-order valence-corrected chi connectivity index (χ0v) is 17.9. The van der Waals surface area contributed by atoms with E-state index in [-0.39, 0.29) is 16.9 Å². The number of methoxy groups -OCH3 is 2. The van der Waals surface area contributed by atoms with Gasteiger partial charge in [-0.15, -0.1) is 0 Å². The minimum atomic E-state index is -0.957. The summed E-state index contributed by atoms with van der Waals surface area (Å²) in [4.78, 5) is 43.6. The number of hydrogen-bond donors (Lipinski definition) is 1. The topological polar surface area (TPSA) is 106 Å². The van der Waals surface area contributed by atoms with Gasteiger partial charge in [0.05, 0.1) is 31.4 Å². The lowest BCUT2D eigenvalue weighted by Gasteiger charge is -2.26. The Kier molecular flexibility index (Phi) is 5.91. The van der Waals surface area contributed by atoms with Crippen LogP contribution >= 0.6 is 0 Å². The van der Waals surface area contributed by atoms with E-state index in [0.717, 1.165) is 0 Å². The van der Waals surface area contributed by atoms with E-state index in [1.807, 2.05) is 0 Å². The van der Waals surface area contributed by atoms with E-state index in [0.29, 0.717) is 22.6 Å². The maximum atomic E-state index is 13.2. The highest BCUT2D eigenvalue weighted by Crippen LogP contribution is 2.42. The highest BCUT2D eigenvalue weighted by molar-refractivity contribution is 6.51. The summed E-state index contributed by atoms with van der Waals surface area (Å²) in [5.74, 6) is -2.07. The summed E-state index contributed by atoms with van der Waals surface area (Å²) in [5, 5.41) is 11.1. The van der Waals surface area contributed by atoms with E-state index in [1.54, 1.807) is 54.6 Å². The third-order valence-electron chi connectivity index (χ3n) is 5.35. The van der Waals surface area contributed by atoms with Crippen molar-refractivity contribution in [3.8, 4) is 5.75 Å². The number of anilines is 1. The first kappa shape index (κ1) is 21.8. The highest BCUT2D eigenvalue weighted by atomic mass is 16.5. The van der Waals surface area contributed by atoms with E-state index in [4.69, 9.17) is 9.47 Å². The van der Waals surface area contributed by atoms with Crippen molar-refractivity contribution in [2.75, 3.05) is 19.1 Å². The van der Waals surface area contributed by atoms with Crippen molar-refractivity contribution in [1.82, 2.24) is 4.98 Å². The van der Waals surface area contributed by atoms with Gasteiger partial charge in [-0.05, 0) is 48.0 Å². The van der Waals surface area contributed by atoms with Crippen molar-refractivity contribution in [2.45, 2.75) is 6.04 Å². The molecule has 1 unspecified atom stereocenters. The first-order chi connectivity index (χ1) is 16.0. The van der Waals surface area contributed by atoms with Gasteiger partial charge in [0.15, 0.2) is 0 Å². The quantitative estimate of drug-likeness (QED) is 0.278. The van der Waals surface area contributed by atoms with Gasteiger partial charge in [0, 0.05) is 23.6 Å². The van der Waals surface area contributed by atoms with Crippen LogP contribution in [0.4, 0.5) is 5.69 Å². The summed E-state index contributed by atoms with van der Waals surface area (Å²) in [7, 11) is 2.76. The molecule has 4 rings (SSSR count). The molecule has 0 bridgehead atoms. The van der Waals surface area contributed by atoms with E-state index < -0.39 is 23.7 Å². The van der Waals surface area contributed by atoms with Crippen LogP contribution in [-0.2, 0) is 14.3 Å². The Labute approximate surface area is 189 Å². The molecular weight excluding hydrogens is 424 g/mol. The molecule has 0 saturated carbocycles. The van der Waals surface area contributed by atoms with Crippen LogP contribution < -0.4 is 9.64 Å². The molecule has 8 nitrogen and oxygen atoms in total. The number of pyridine rings is 1. The lowest BCUT2D eigenvalue weighted by Crippen LogP contribution is -2.29. The number of hydrogen-bond acceptors (Lipinski definition) is 7. The molecule has 8 heteroatoms. The van der Waals surface area contributed by atoms with Gasteiger partial charge in [-0.25, -0.2) is 4.79 Å². The Bertz CT molecular complexity index is 1270. The average Bonchev–Trinajstić information content (AvgIpc) is 3.14. The standard InChI is InChI=1S/C25H20N2O6/c1-32-19-8-4-5-16(14-19)21-20(22(28)15-9-11-26-12-10-15)23(29)24(30)27(21)18-7-3-6-17(13-18)25(31)33-2/h3-14,21,28H,1-2H3/b22-20+. The smallest absolute Gasteiger partial charge is 0.337 e. The van der Waals surface area contributed by atoms with Crippen LogP contribution in [0.3, 0.4) is 0 Å². The molecule has 1 saturated heterocycles. The number of carbonyl (C=O) groups excluding carboxylic acids is 3.